The molecule has 0 saturated carbocycles. The van der Waals surface area contributed by atoms with Crippen LogP contribution in [0.15, 0.2) is 59.3 Å². The van der Waals surface area contributed by atoms with Gasteiger partial charge in [0, 0.05) is 24.5 Å². The maximum Gasteiger partial charge on any atom is 0.244 e. The Morgan fingerprint density at radius 3 is 2.69 bits per heavy atom. The number of hydrogen-bond donors (Lipinski definition) is 1. The number of anilines is 1. The molecule has 1 aromatic heterocycles. The highest BCUT2D eigenvalue weighted by Crippen LogP contribution is 2.21. The highest BCUT2D eigenvalue weighted by atomic mass is 79.9. The topological polar surface area (TPSA) is 67.2 Å². The number of carbonyl (C=O) groups excluding carboxylic acids is 2. The summed E-state index contributed by atoms with van der Waals surface area (Å²) in [6.07, 6.45) is 2.04. The minimum absolute atomic E-state index is 0.00481. The number of benzene rings is 2. The van der Waals surface area contributed by atoms with Crippen molar-refractivity contribution in [2.75, 3.05) is 18.9 Å². The van der Waals surface area contributed by atoms with E-state index < -0.39 is 0 Å². The summed E-state index contributed by atoms with van der Waals surface area (Å²) in [5, 5.41) is 2.79. The summed E-state index contributed by atoms with van der Waals surface area (Å²) in [5.74, 6) is -0.328. The van der Waals surface area contributed by atoms with Crippen molar-refractivity contribution in [2.24, 2.45) is 0 Å². The lowest BCUT2D eigenvalue weighted by Gasteiger charge is -2.17. The first-order valence-corrected chi connectivity index (χ1v) is 9.02. The van der Waals surface area contributed by atoms with Crippen LogP contribution in [0, 0.1) is 0 Å². The molecule has 3 aromatic rings. The van der Waals surface area contributed by atoms with Gasteiger partial charge in [-0.15, -0.1) is 0 Å². The number of nitrogens with one attached hydrogen (secondary N) is 1. The molecule has 0 unspecified atom stereocenters. The lowest BCUT2D eigenvalue weighted by atomic mass is 10.3. The van der Waals surface area contributed by atoms with Crippen LogP contribution in [0.1, 0.15) is 6.42 Å². The molecule has 0 spiro atoms. The molecule has 0 aliphatic carbocycles. The zero-order chi connectivity index (χ0) is 18.5. The molecular formula is C19H19BrN4O2. The summed E-state index contributed by atoms with van der Waals surface area (Å²) >= 11 is 3.38. The highest BCUT2D eigenvalue weighted by Gasteiger charge is 2.14. The zero-order valence-electron chi connectivity index (χ0n) is 14.4. The Morgan fingerprint density at radius 1 is 1.15 bits per heavy atom. The van der Waals surface area contributed by atoms with Gasteiger partial charge in [0.25, 0.3) is 0 Å². The van der Waals surface area contributed by atoms with Crippen LogP contribution in [0.25, 0.3) is 11.0 Å². The Hall–Kier alpha value is -2.67. The van der Waals surface area contributed by atoms with Crippen LogP contribution in [0.5, 0.6) is 0 Å². The molecule has 1 heterocycles. The first-order chi connectivity index (χ1) is 12.5. The summed E-state index contributed by atoms with van der Waals surface area (Å²) in [6, 6.07) is 15.1. The summed E-state index contributed by atoms with van der Waals surface area (Å²) in [7, 11) is 1.63. The molecular weight excluding hydrogens is 396 g/mol. The largest absolute Gasteiger partial charge is 0.336 e. The number of nitrogens with zero attached hydrogens (tertiary/aromatic N) is 3. The molecule has 0 saturated heterocycles. The van der Waals surface area contributed by atoms with Crippen molar-refractivity contribution in [1.29, 1.82) is 0 Å². The second-order valence-electron chi connectivity index (χ2n) is 5.95. The molecule has 134 valence electrons. The van der Waals surface area contributed by atoms with Gasteiger partial charge >= 0.3 is 0 Å². The highest BCUT2D eigenvalue weighted by molar-refractivity contribution is 9.10. The van der Waals surface area contributed by atoms with Crippen molar-refractivity contribution in [1.82, 2.24) is 14.5 Å². The first kappa shape index (κ1) is 18.1. The Labute approximate surface area is 159 Å². The number of hydrogen-bond acceptors (Lipinski definition) is 3. The van der Waals surface area contributed by atoms with E-state index in [1.165, 1.54) is 4.90 Å². The van der Waals surface area contributed by atoms with Crippen molar-refractivity contribution in [2.45, 2.75) is 13.0 Å². The van der Waals surface area contributed by atoms with E-state index in [0.717, 1.165) is 15.5 Å². The minimum atomic E-state index is -0.235. The fraction of sp³-hybridized carbons (Fsp3) is 0.211. The van der Waals surface area contributed by atoms with Gasteiger partial charge in [-0.2, -0.15) is 0 Å². The van der Waals surface area contributed by atoms with E-state index in [-0.39, 0.29) is 18.4 Å². The first-order valence-electron chi connectivity index (χ1n) is 8.23. The summed E-state index contributed by atoms with van der Waals surface area (Å²) in [5.41, 5.74) is 2.58. The number of carbonyl (C=O) groups is 2. The summed E-state index contributed by atoms with van der Waals surface area (Å²) in [6.45, 7) is 0.528. The average molecular weight is 415 g/mol. The molecule has 3 rings (SSSR count). The van der Waals surface area contributed by atoms with Crippen LogP contribution in [0.3, 0.4) is 0 Å². The molecule has 26 heavy (non-hydrogen) atoms. The molecule has 0 aliphatic heterocycles. The fourth-order valence-corrected chi connectivity index (χ4v) is 3.04. The SMILES string of the molecule is CN(CC(=O)Nc1ccccc1Br)C(=O)CCn1cnc2ccccc21. The van der Waals surface area contributed by atoms with Crippen LogP contribution in [-0.4, -0.2) is 39.9 Å². The monoisotopic (exact) mass is 414 g/mol. The van der Waals surface area contributed by atoms with Crippen LogP contribution in [-0.2, 0) is 16.1 Å². The normalized spacial score (nSPS) is 10.7. The standard InChI is InChI=1S/C19H19BrN4O2/c1-23(12-18(25)22-15-7-3-2-6-14(15)20)19(26)10-11-24-13-21-16-8-4-5-9-17(16)24/h2-9,13H,10-12H2,1H3,(H,22,25). The lowest BCUT2D eigenvalue weighted by Crippen LogP contribution is -2.35. The van der Waals surface area contributed by atoms with E-state index in [0.29, 0.717) is 18.7 Å². The maximum atomic E-state index is 12.3. The van der Waals surface area contributed by atoms with Crippen LogP contribution in [0.2, 0.25) is 0 Å². The molecule has 6 nitrogen and oxygen atoms in total. The number of para-hydroxylation sites is 3. The number of fused-ring (bicyclic) bond motifs is 1. The summed E-state index contributed by atoms with van der Waals surface area (Å²) < 4.78 is 2.75. The Balaban J connectivity index is 1.53. The van der Waals surface area contributed by atoms with Gasteiger partial charge in [-0.25, -0.2) is 4.98 Å². The van der Waals surface area contributed by atoms with Crippen molar-refractivity contribution < 1.29 is 9.59 Å². The predicted molar refractivity (Wildman–Crippen MR) is 105 cm³/mol. The molecule has 0 fully saturated rings. The van der Waals surface area contributed by atoms with Gasteiger partial charge in [0.15, 0.2) is 0 Å². The molecule has 0 bridgehead atoms. The van der Waals surface area contributed by atoms with Gasteiger partial charge in [0.05, 0.1) is 29.6 Å². The lowest BCUT2D eigenvalue weighted by molar-refractivity contribution is -0.133. The number of aryl methyl sites for hydroxylation is 1. The van der Waals surface area contributed by atoms with Crippen molar-refractivity contribution >= 4 is 44.5 Å². The zero-order valence-corrected chi connectivity index (χ0v) is 15.9. The molecule has 7 heteroatoms. The van der Waals surface area contributed by atoms with Crippen LogP contribution in [0.4, 0.5) is 5.69 Å². The number of imidazole rings is 1. The smallest absolute Gasteiger partial charge is 0.244 e. The minimum Gasteiger partial charge on any atom is -0.336 e. The Kier molecular flexibility index (Phi) is 5.68. The number of halogens is 1. The molecule has 2 amide bonds. The molecule has 0 atom stereocenters. The molecule has 0 radical (unpaired) electrons. The van der Waals surface area contributed by atoms with Gasteiger partial charge in [-0.05, 0) is 40.2 Å². The molecule has 1 N–H and O–H groups in total. The van der Waals surface area contributed by atoms with E-state index in [1.807, 2.05) is 47.0 Å². The second kappa shape index (κ2) is 8.14. The van der Waals surface area contributed by atoms with Crippen molar-refractivity contribution in [3.05, 3.63) is 59.3 Å². The number of likely N-dealkylation sites (N-methyl/N-ethyl adjacent to an activating group) is 1. The fourth-order valence-electron chi connectivity index (χ4n) is 2.65. The Morgan fingerprint density at radius 2 is 1.88 bits per heavy atom. The van der Waals surface area contributed by atoms with Gasteiger partial charge in [-0.1, -0.05) is 24.3 Å². The van der Waals surface area contributed by atoms with Crippen LogP contribution < -0.4 is 5.32 Å². The van der Waals surface area contributed by atoms with Gasteiger partial charge in [-0.3, -0.25) is 9.59 Å². The summed E-state index contributed by atoms with van der Waals surface area (Å²) in [4.78, 5) is 30.2. The maximum absolute atomic E-state index is 12.3. The van der Waals surface area contributed by atoms with E-state index in [2.05, 4.69) is 26.2 Å². The van der Waals surface area contributed by atoms with E-state index in [1.54, 1.807) is 19.4 Å². The van der Waals surface area contributed by atoms with Crippen LogP contribution >= 0.6 is 15.9 Å². The molecule has 0 aliphatic rings. The molecule has 2 aromatic carbocycles. The third kappa shape index (κ3) is 4.29. The van der Waals surface area contributed by atoms with Gasteiger partial charge in [0.2, 0.25) is 11.8 Å². The predicted octanol–water partition coefficient (Wildman–Crippen LogP) is 3.29. The second-order valence-corrected chi connectivity index (χ2v) is 6.81. The van der Waals surface area contributed by atoms with E-state index >= 15 is 0 Å². The number of aromatic nitrogens is 2. The average Bonchev–Trinajstić information content (AvgIpc) is 3.04. The Bertz CT molecular complexity index is 938. The van der Waals surface area contributed by atoms with Crippen molar-refractivity contribution in [3.63, 3.8) is 0 Å². The van der Waals surface area contributed by atoms with Gasteiger partial charge in [0.1, 0.15) is 0 Å². The van der Waals surface area contributed by atoms with Crippen molar-refractivity contribution in [3.8, 4) is 0 Å². The van der Waals surface area contributed by atoms with Gasteiger partial charge < -0.3 is 14.8 Å². The quantitative estimate of drug-likeness (QED) is 0.672. The third-order valence-corrected chi connectivity index (χ3v) is 4.74. The number of amides is 2. The third-order valence-electron chi connectivity index (χ3n) is 4.05. The van der Waals surface area contributed by atoms with E-state index in [9.17, 15) is 9.59 Å². The number of rotatable bonds is 6. The van der Waals surface area contributed by atoms with E-state index in [4.69, 9.17) is 0 Å².